The average Bonchev–Trinajstić information content (AvgIpc) is 2.90. The van der Waals surface area contributed by atoms with Gasteiger partial charge in [-0.1, -0.05) is 41.9 Å². The maximum Gasteiger partial charge on any atom is 0.264 e. The fourth-order valence-electron chi connectivity index (χ4n) is 4.16. The Morgan fingerprint density at radius 1 is 1.00 bits per heavy atom. The van der Waals surface area contributed by atoms with Crippen molar-refractivity contribution < 1.29 is 22.7 Å². The van der Waals surface area contributed by atoms with Gasteiger partial charge in [-0.15, -0.1) is 0 Å². The molecule has 40 heavy (non-hydrogen) atoms. The highest BCUT2D eigenvalue weighted by molar-refractivity contribution is 7.92. The standard InChI is InChI=1S/C30H36ClN3O5S/c1-21-17-24(31)15-16-27(21)34(40(37,38)26-13-8-7-9-14-26)20-28(35)33(22(2)29(36)32-30(3,4)5)19-23-11-10-12-25(18-23)39-6/h7-18,22H,19-20H2,1-6H3,(H,32,36)/t22-/m0/s1. The molecule has 3 aromatic carbocycles. The fourth-order valence-corrected chi connectivity index (χ4v) is 5.88. The number of hydrogen-bond donors (Lipinski definition) is 1. The molecule has 3 rings (SSSR count). The van der Waals surface area contributed by atoms with Crippen LogP contribution in [0.1, 0.15) is 38.8 Å². The van der Waals surface area contributed by atoms with Gasteiger partial charge >= 0.3 is 0 Å². The number of ether oxygens (including phenoxy) is 1. The summed E-state index contributed by atoms with van der Waals surface area (Å²) in [5, 5.41) is 3.36. The van der Waals surface area contributed by atoms with Gasteiger partial charge in [0.1, 0.15) is 18.3 Å². The molecular weight excluding hydrogens is 550 g/mol. The first-order chi connectivity index (χ1) is 18.7. The third-order valence-electron chi connectivity index (χ3n) is 6.19. The molecule has 1 atom stereocenters. The van der Waals surface area contributed by atoms with Crippen LogP contribution in [0.25, 0.3) is 0 Å². The average molecular weight is 586 g/mol. The van der Waals surface area contributed by atoms with Crippen molar-refractivity contribution >= 4 is 39.1 Å². The van der Waals surface area contributed by atoms with Crippen LogP contribution < -0.4 is 14.4 Å². The molecule has 0 saturated heterocycles. The number of nitrogens with zero attached hydrogens (tertiary/aromatic N) is 2. The van der Waals surface area contributed by atoms with Gasteiger partial charge in [-0.05, 0) is 88.2 Å². The summed E-state index contributed by atoms with van der Waals surface area (Å²) in [5.74, 6) is -0.307. The molecule has 0 fully saturated rings. The number of carbonyl (C=O) groups excluding carboxylic acids is 2. The number of methoxy groups -OCH3 is 1. The summed E-state index contributed by atoms with van der Waals surface area (Å²) in [6.07, 6.45) is 0. The van der Waals surface area contributed by atoms with Crippen LogP contribution in [0, 0.1) is 6.92 Å². The molecule has 0 heterocycles. The van der Waals surface area contributed by atoms with Gasteiger partial charge in [0.15, 0.2) is 0 Å². The number of carbonyl (C=O) groups is 2. The second-order valence-corrected chi connectivity index (χ2v) is 12.8. The van der Waals surface area contributed by atoms with E-state index in [1.807, 2.05) is 26.8 Å². The number of amides is 2. The van der Waals surface area contributed by atoms with Gasteiger partial charge in [-0.25, -0.2) is 8.42 Å². The molecular formula is C30H36ClN3O5S. The molecule has 3 aromatic rings. The molecule has 0 spiro atoms. The normalized spacial score (nSPS) is 12.4. The van der Waals surface area contributed by atoms with Crippen LogP contribution in [0.5, 0.6) is 5.75 Å². The Hall–Kier alpha value is -3.56. The highest BCUT2D eigenvalue weighted by atomic mass is 35.5. The number of rotatable bonds is 10. The lowest BCUT2D eigenvalue weighted by Crippen LogP contribution is -2.54. The Labute approximate surface area is 241 Å². The van der Waals surface area contributed by atoms with Crippen LogP contribution in [0.4, 0.5) is 5.69 Å². The molecule has 0 aromatic heterocycles. The Balaban J connectivity index is 2.07. The van der Waals surface area contributed by atoms with Gasteiger partial charge in [-0.3, -0.25) is 13.9 Å². The van der Waals surface area contributed by atoms with Crippen LogP contribution >= 0.6 is 11.6 Å². The predicted molar refractivity (Wildman–Crippen MR) is 158 cm³/mol. The molecule has 8 nitrogen and oxygen atoms in total. The van der Waals surface area contributed by atoms with E-state index in [1.165, 1.54) is 17.0 Å². The molecule has 0 bridgehead atoms. The molecule has 0 unspecified atom stereocenters. The molecule has 0 aliphatic heterocycles. The molecule has 2 amide bonds. The second-order valence-electron chi connectivity index (χ2n) is 10.5. The summed E-state index contributed by atoms with van der Waals surface area (Å²) >= 11 is 6.16. The maximum atomic E-state index is 14.0. The number of anilines is 1. The van der Waals surface area contributed by atoms with Gasteiger partial charge in [0.05, 0.1) is 17.7 Å². The monoisotopic (exact) mass is 585 g/mol. The van der Waals surface area contributed by atoms with Gasteiger partial charge in [0, 0.05) is 17.1 Å². The number of sulfonamides is 1. The number of benzene rings is 3. The third kappa shape index (κ3) is 7.76. The lowest BCUT2D eigenvalue weighted by molar-refractivity contribution is -0.140. The van der Waals surface area contributed by atoms with Crippen molar-refractivity contribution in [1.82, 2.24) is 10.2 Å². The van der Waals surface area contributed by atoms with Gasteiger partial charge in [0.2, 0.25) is 11.8 Å². The molecule has 10 heteroatoms. The molecule has 0 saturated carbocycles. The Morgan fingerprint density at radius 2 is 1.68 bits per heavy atom. The minimum Gasteiger partial charge on any atom is -0.497 e. The zero-order valence-corrected chi connectivity index (χ0v) is 25.2. The third-order valence-corrected chi connectivity index (χ3v) is 8.20. The van der Waals surface area contributed by atoms with Crippen LogP contribution in [0.2, 0.25) is 5.02 Å². The summed E-state index contributed by atoms with van der Waals surface area (Å²) in [7, 11) is -2.61. The quantitative estimate of drug-likeness (QED) is 0.353. The Bertz CT molecular complexity index is 1460. The van der Waals surface area contributed by atoms with Crippen molar-refractivity contribution in [2.24, 2.45) is 0 Å². The number of aryl methyl sites for hydroxylation is 1. The molecule has 214 valence electrons. The smallest absolute Gasteiger partial charge is 0.264 e. The van der Waals surface area contributed by atoms with Gasteiger partial charge in [-0.2, -0.15) is 0 Å². The van der Waals surface area contributed by atoms with E-state index in [1.54, 1.807) is 75.6 Å². The van der Waals surface area contributed by atoms with Crippen molar-refractivity contribution in [2.45, 2.75) is 57.6 Å². The largest absolute Gasteiger partial charge is 0.497 e. The van der Waals surface area contributed by atoms with E-state index < -0.39 is 34.1 Å². The van der Waals surface area contributed by atoms with E-state index in [-0.39, 0.29) is 17.3 Å². The second kappa shape index (κ2) is 12.7. The van der Waals surface area contributed by atoms with E-state index in [9.17, 15) is 18.0 Å². The van der Waals surface area contributed by atoms with E-state index >= 15 is 0 Å². The van der Waals surface area contributed by atoms with E-state index in [2.05, 4.69) is 5.32 Å². The highest BCUT2D eigenvalue weighted by Gasteiger charge is 2.34. The summed E-state index contributed by atoms with van der Waals surface area (Å²) in [5.41, 5.74) is 1.09. The lowest BCUT2D eigenvalue weighted by Gasteiger charge is -2.34. The van der Waals surface area contributed by atoms with Crippen molar-refractivity contribution in [3.05, 3.63) is 88.9 Å². The Morgan fingerprint density at radius 3 is 2.27 bits per heavy atom. The van der Waals surface area contributed by atoms with Crippen LogP contribution in [-0.2, 0) is 26.2 Å². The number of halogens is 1. The molecule has 0 radical (unpaired) electrons. The summed E-state index contributed by atoms with van der Waals surface area (Å²) < 4.78 is 34.2. The van der Waals surface area contributed by atoms with Gasteiger partial charge in [0.25, 0.3) is 10.0 Å². The summed E-state index contributed by atoms with van der Waals surface area (Å²) in [6.45, 7) is 8.44. The van der Waals surface area contributed by atoms with E-state index in [0.29, 0.717) is 22.0 Å². The summed E-state index contributed by atoms with van der Waals surface area (Å²) in [6, 6.07) is 19.0. The highest BCUT2D eigenvalue weighted by Crippen LogP contribution is 2.29. The van der Waals surface area contributed by atoms with Crippen molar-refractivity contribution in [3.8, 4) is 5.75 Å². The van der Waals surface area contributed by atoms with Crippen molar-refractivity contribution in [2.75, 3.05) is 18.0 Å². The van der Waals surface area contributed by atoms with Crippen molar-refractivity contribution in [1.29, 1.82) is 0 Å². The minimum absolute atomic E-state index is 0.0371. The maximum absolute atomic E-state index is 14.0. The predicted octanol–water partition coefficient (Wildman–Crippen LogP) is 5.18. The molecule has 0 aliphatic rings. The van der Waals surface area contributed by atoms with E-state index in [4.69, 9.17) is 16.3 Å². The number of nitrogens with one attached hydrogen (secondary N) is 1. The topological polar surface area (TPSA) is 96.0 Å². The van der Waals surface area contributed by atoms with Crippen molar-refractivity contribution in [3.63, 3.8) is 0 Å². The zero-order valence-electron chi connectivity index (χ0n) is 23.6. The van der Waals surface area contributed by atoms with Crippen LogP contribution in [-0.4, -0.2) is 50.4 Å². The number of hydrogen-bond acceptors (Lipinski definition) is 5. The first-order valence-electron chi connectivity index (χ1n) is 12.8. The van der Waals surface area contributed by atoms with E-state index in [0.717, 1.165) is 9.87 Å². The minimum atomic E-state index is -4.15. The fraction of sp³-hybridized carbons (Fsp3) is 0.333. The molecule has 0 aliphatic carbocycles. The SMILES string of the molecule is COc1cccc(CN(C(=O)CN(c2ccc(Cl)cc2C)S(=O)(=O)c2ccccc2)[C@@H](C)C(=O)NC(C)(C)C)c1. The van der Waals surface area contributed by atoms with Crippen LogP contribution in [0.3, 0.4) is 0 Å². The lowest BCUT2D eigenvalue weighted by atomic mass is 10.1. The van der Waals surface area contributed by atoms with Crippen LogP contribution in [0.15, 0.2) is 77.7 Å². The van der Waals surface area contributed by atoms with Gasteiger partial charge < -0.3 is 15.0 Å². The Kier molecular flexibility index (Phi) is 9.87. The summed E-state index contributed by atoms with van der Waals surface area (Å²) in [4.78, 5) is 28.7. The zero-order chi connectivity index (χ0) is 29.7. The first-order valence-corrected chi connectivity index (χ1v) is 14.6. The first kappa shape index (κ1) is 31.0. The molecule has 1 N–H and O–H groups in total.